The zero-order valence-electron chi connectivity index (χ0n) is 18.7. The van der Waals surface area contributed by atoms with Crippen LogP contribution in [0.15, 0.2) is 71.5 Å². The molecule has 33 heavy (non-hydrogen) atoms. The average molecular weight is 443 g/mol. The molecule has 3 aromatic carbocycles. The van der Waals surface area contributed by atoms with Gasteiger partial charge in [0.05, 0.1) is 23.0 Å². The van der Waals surface area contributed by atoms with Crippen molar-refractivity contribution in [2.45, 2.75) is 39.8 Å². The van der Waals surface area contributed by atoms with E-state index < -0.39 is 5.97 Å². The topological polar surface area (TPSA) is 81.4 Å². The number of carboxylic acids is 1. The summed E-state index contributed by atoms with van der Waals surface area (Å²) in [6, 6.07) is 20.1. The van der Waals surface area contributed by atoms with E-state index >= 15 is 0 Å². The first-order valence-corrected chi connectivity index (χ1v) is 11.0. The SMILES string of the molecule is CCCc1nc2ccc(C)cc2c(=O)n1Cc1ccc(OCc2ccc(C(=O)O)cc2)cc1. The molecule has 0 bridgehead atoms. The van der Waals surface area contributed by atoms with Crippen LogP contribution in [0.1, 0.15) is 46.2 Å². The van der Waals surface area contributed by atoms with Gasteiger partial charge in [0, 0.05) is 6.42 Å². The third-order valence-corrected chi connectivity index (χ3v) is 5.53. The molecule has 0 saturated carbocycles. The van der Waals surface area contributed by atoms with E-state index in [4.69, 9.17) is 14.8 Å². The lowest BCUT2D eigenvalue weighted by Gasteiger charge is -2.14. The molecule has 168 valence electrons. The molecule has 0 fully saturated rings. The third-order valence-electron chi connectivity index (χ3n) is 5.53. The molecule has 0 atom stereocenters. The van der Waals surface area contributed by atoms with Crippen molar-refractivity contribution < 1.29 is 14.6 Å². The molecule has 0 aliphatic carbocycles. The molecule has 0 saturated heterocycles. The Hall–Kier alpha value is -3.93. The molecule has 0 radical (unpaired) electrons. The number of hydrogen-bond donors (Lipinski definition) is 1. The second-order valence-electron chi connectivity index (χ2n) is 8.12. The van der Waals surface area contributed by atoms with Gasteiger partial charge in [0.15, 0.2) is 0 Å². The van der Waals surface area contributed by atoms with Gasteiger partial charge in [-0.3, -0.25) is 9.36 Å². The Morgan fingerprint density at radius 3 is 2.36 bits per heavy atom. The zero-order valence-corrected chi connectivity index (χ0v) is 18.7. The molecule has 6 nitrogen and oxygen atoms in total. The average Bonchev–Trinajstić information content (AvgIpc) is 2.82. The molecule has 0 unspecified atom stereocenters. The van der Waals surface area contributed by atoms with Crippen LogP contribution in [0, 0.1) is 6.92 Å². The Morgan fingerprint density at radius 2 is 1.70 bits per heavy atom. The fraction of sp³-hybridized carbons (Fsp3) is 0.222. The highest BCUT2D eigenvalue weighted by Gasteiger charge is 2.12. The van der Waals surface area contributed by atoms with Crippen LogP contribution in [0.5, 0.6) is 5.75 Å². The van der Waals surface area contributed by atoms with E-state index in [9.17, 15) is 9.59 Å². The molecule has 0 spiro atoms. The van der Waals surface area contributed by atoms with E-state index in [0.717, 1.165) is 40.9 Å². The molecular formula is C27H26N2O4. The smallest absolute Gasteiger partial charge is 0.335 e. The van der Waals surface area contributed by atoms with Crippen molar-refractivity contribution in [1.82, 2.24) is 9.55 Å². The summed E-state index contributed by atoms with van der Waals surface area (Å²) in [5.41, 5.74) is 3.89. The minimum atomic E-state index is -0.948. The number of hydrogen-bond acceptors (Lipinski definition) is 4. The fourth-order valence-electron chi connectivity index (χ4n) is 3.74. The standard InChI is InChI=1S/C27H26N2O4/c1-3-4-25-28-24-14-5-18(2)15-23(24)26(30)29(25)16-19-8-12-22(13-9-19)33-17-20-6-10-21(11-7-20)27(31)32/h5-15H,3-4,16-17H2,1-2H3,(H,31,32). The summed E-state index contributed by atoms with van der Waals surface area (Å²) in [5, 5.41) is 9.63. The van der Waals surface area contributed by atoms with Crippen molar-refractivity contribution in [2.24, 2.45) is 0 Å². The van der Waals surface area contributed by atoms with Crippen LogP contribution in [0.3, 0.4) is 0 Å². The largest absolute Gasteiger partial charge is 0.489 e. The van der Waals surface area contributed by atoms with Crippen LogP contribution < -0.4 is 10.3 Å². The van der Waals surface area contributed by atoms with Crippen molar-refractivity contribution in [1.29, 1.82) is 0 Å². The fourth-order valence-corrected chi connectivity index (χ4v) is 3.74. The quantitative estimate of drug-likeness (QED) is 0.416. The summed E-state index contributed by atoms with van der Waals surface area (Å²) >= 11 is 0. The maximum Gasteiger partial charge on any atom is 0.335 e. The molecule has 0 aliphatic rings. The maximum atomic E-state index is 13.2. The molecule has 1 aromatic heterocycles. The maximum absolute atomic E-state index is 13.2. The number of ether oxygens (including phenoxy) is 1. The number of rotatable bonds is 8. The predicted octanol–water partition coefficient (Wildman–Crippen LogP) is 4.98. The minimum absolute atomic E-state index is 0.0164. The van der Waals surface area contributed by atoms with E-state index in [2.05, 4.69) is 6.92 Å². The zero-order chi connectivity index (χ0) is 23.4. The monoisotopic (exact) mass is 442 g/mol. The van der Waals surface area contributed by atoms with Gasteiger partial charge in [-0.25, -0.2) is 9.78 Å². The molecule has 6 heteroatoms. The van der Waals surface area contributed by atoms with E-state index in [1.807, 2.05) is 49.4 Å². The summed E-state index contributed by atoms with van der Waals surface area (Å²) in [5.74, 6) is 0.550. The summed E-state index contributed by atoms with van der Waals surface area (Å²) in [6.45, 7) is 4.84. The van der Waals surface area contributed by atoms with Crippen LogP contribution in [0.25, 0.3) is 10.9 Å². The highest BCUT2D eigenvalue weighted by molar-refractivity contribution is 5.87. The van der Waals surface area contributed by atoms with Crippen molar-refractivity contribution in [2.75, 3.05) is 0 Å². The van der Waals surface area contributed by atoms with Crippen molar-refractivity contribution in [3.05, 3.63) is 105 Å². The van der Waals surface area contributed by atoms with E-state index in [0.29, 0.717) is 24.3 Å². The number of benzene rings is 3. The Balaban J connectivity index is 1.51. The minimum Gasteiger partial charge on any atom is -0.489 e. The summed E-state index contributed by atoms with van der Waals surface area (Å²) in [6.07, 6.45) is 1.64. The normalized spacial score (nSPS) is 11.0. The van der Waals surface area contributed by atoms with Crippen LogP contribution >= 0.6 is 0 Å². The van der Waals surface area contributed by atoms with Crippen molar-refractivity contribution in [3.63, 3.8) is 0 Å². The lowest BCUT2D eigenvalue weighted by Crippen LogP contribution is -2.26. The third kappa shape index (κ3) is 5.12. The highest BCUT2D eigenvalue weighted by atomic mass is 16.5. The molecular weight excluding hydrogens is 416 g/mol. The van der Waals surface area contributed by atoms with Gasteiger partial charge in [-0.15, -0.1) is 0 Å². The van der Waals surface area contributed by atoms with E-state index in [1.54, 1.807) is 28.8 Å². The first-order chi connectivity index (χ1) is 15.9. The van der Waals surface area contributed by atoms with Crippen LogP contribution in [-0.4, -0.2) is 20.6 Å². The Bertz CT molecular complexity index is 1340. The number of aromatic nitrogens is 2. The molecule has 0 amide bonds. The Labute approximate surface area is 192 Å². The molecule has 1 N–H and O–H groups in total. The number of carboxylic acid groups (broad SMARTS) is 1. The number of fused-ring (bicyclic) bond motifs is 1. The summed E-state index contributed by atoms with van der Waals surface area (Å²) in [4.78, 5) is 29.0. The second kappa shape index (κ2) is 9.69. The molecule has 4 rings (SSSR count). The van der Waals surface area contributed by atoms with E-state index in [1.165, 1.54) is 0 Å². The first-order valence-electron chi connectivity index (χ1n) is 11.0. The van der Waals surface area contributed by atoms with Gasteiger partial charge in [-0.2, -0.15) is 0 Å². The van der Waals surface area contributed by atoms with Gasteiger partial charge < -0.3 is 9.84 Å². The van der Waals surface area contributed by atoms with Gasteiger partial charge in [0.2, 0.25) is 0 Å². The number of aromatic carboxylic acids is 1. The van der Waals surface area contributed by atoms with Crippen LogP contribution in [0.2, 0.25) is 0 Å². The van der Waals surface area contributed by atoms with Gasteiger partial charge in [0.1, 0.15) is 18.2 Å². The van der Waals surface area contributed by atoms with E-state index in [-0.39, 0.29) is 11.1 Å². The van der Waals surface area contributed by atoms with Crippen LogP contribution in [-0.2, 0) is 19.6 Å². The predicted molar refractivity (Wildman–Crippen MR) is 128 cm³/mol. The first kappa shape index (κ1) is 22.3. The van der Waals surface area contributed by atoms with Crippen LogP contribution in [0.4, 0.5) is 0 Å². The van der Waals surface area contributed by atoms with Gasteiger partial charge >= 0.3 is 5.97 Å². The van der Waals surface area contributed by atoms with Gasteiger partial charge in [-0.1, -0.05) is 42.8 Å². The molecule has 4 aromatic rings. The van der Waals surface area contributed by atoms with Gasteiger partial charge in [-0.05, 0) is 60.9 Å². The van der Waals surface area contributed by atoms with Crippen molar-refractivity contribution >= 4 is 16.9 Å². The lowest BCUT2D eigenvalue weighted by molar-refractivity contribution is 0.0697. The Kier molecular flexibility index (Phi) is 6.54. The molecule has 1 heterocycles. The number of aryl methyl sites for hydroxylation is 2. The van der Waals surface area contributed by atoms with Gasteiger partial charge in [0.25, 0.3) is 5.56 Å². The number of carbonyl (C=O) groups is 1. The summed E-state index contributed by atoms with van der Waals surface area (Å²) in [7, 11) is 0. The summed E-state index contributed by atoms with van der Waals surface area (Å²) < 4.78 is 7.60. The van der Waals surface area contributed by atoms with Crippen molar-refractivity contribution in [3.8, 4) is 5.75 Å². The highest BCUT2D eigenvalue weighted by Crippen LogP contribution is 2.17. The molecule has 0 aliphatic heterocycles. The Morgan fingerprint density at radius 1 is 1.00 bits per heavy atom. The lowest BCUT2D eigenvalue weighted by atomic mass is 10.1. The second-order valence-corrected chi connectivity index (χ2v) is 8.12. The number of nitrogens with zero attached hydrogens (tertiary/aromatic N) is 2.